The van der Waals surface area contributed by atoms with Crippen LogP contribution in [-0.4, -0.2) is 39.4 Å². The van der Waals surface area contributed by atoms with E-state index in [0.29, 0.717) is 37.7 Å². The zero-order chi connectivity index (χ0) is 19.8. The van der Waals surface area contributed by atoms with Crippen molar-refractivity contribution >= 4 is 17.5 Å². The molecule has 1 aromatic heterocycles. The van der Waals surface area contributed by atoms with Crippen LogP contribution in [0.2, 0.25) is 0 Å². The highest BCUT2D eigenvalue weighted by atomic mass is 16.2. The summed E-state index contributed by atoms with van der Waals surface area (Å²) in [5, 5.41) is 0. The van der Waals surface area contributed by atoms with E-state index in [2.05, 4.69) is 11.1 Å². The van der Waals surface area contributed by atoms with Gasteiger partial charge in [0.25, 0.3) is 11.8 Å². The minimum absolute atomic E-state index is 0.127. The monoisotopic (exact) mass is 386 g/mol. The average Bonchev–Trinajstić information content (AvgIpc) is 3.21. The number of para-hydroxylation sites is 1. The molecule has 0 unspecified atom stereocenters. The van der Waals surface area contributed by atoms with Crippen LogP contribution >= 0.6 is 0 Å². The molecule has 0 radical (unpaired) electrons. The van der Waals surface area contributed by atoms with Gasteiger partial charge < -0.3 is 14.4 Å². The molecule has 0 spiro atoms. The van der Waals surface area contributed by atoms with Gasteiger partial charge in [0.1, 0.15) is 5.69 Å². The Bertz CT molecular complexity index is 1070. The first-order chi connectivity index (χ1) is 14.2. The standard InChI is InChI=1S/C23H22N4O2/c28-22(27-12-6-10-18-9-4-5-11-20(18)27)19-16-25-13-14-26(23(29)21(25)24-19)15-17-7-2-1-3-8-17/h1-5,7-9,11,16H,6,10,12-15H2. The van der Waals surface area contributed by atoms with Crippen LogP contribution in [0.5, 0.6) is 0 Å². The van der Waals surface area contributed by atoms with E-state index >= 15 is 0 Å². The highest BCUT2D eigenvalue weighted by Gasteiger charge is 2.31. The fourth-order valence-electron chi connectivity index (χ4n) is 4.17. The maximum absolute atomic E-state index is 13.2. The lowest BCUT2D eigenvalue weighted by Crippen LogP contribution is -2.39. The Morgan fingerprint density at radius 2 is 1.76 bits per heavy atom. The van der Waals surface area contributed by atoms with Crippen molar-refractivity contribution in [2.24, 2.45) is 0 Å². The third-order valence-corrected chi connectivity index (χ3v) is 5.66. The zero-order valence-electron chi connectivity index (χ0n) is 16.1. The van der Waals surface area contributed by atoms with Gasteiger partial charge in [0.05, 0.1) is 0 Å². The van der Waals surface area contributed by atoms with Crippen LogP contribution in [0.4, 0.5) is 5.69 Å². The zero-order valence-corrected chi connectivity index (χ0v) is 16.1. The molecular formula is C23H22N4O2. The van der Waals surface area contributed by atoms with Gasteiger partial charge in [0, 0.05) is 38.1 Å². The minimum atomic E-state index is -0.138. The number of amides is 2. The van der Waals surface area contributed by atoms with Crippen LogP contribution in [0.15, 0.2) is 60.8 Å². The van der Waals surface area contributed by atoms with Gasteiger partial charge in [-0.25, -0.2) is 4.98 Å². The number of hydrogen-bond donors (Lipinski definition) is 0. The average molecular weight is 386 g/mol. The molecular weight excluding hydrogens is 364 g/mol. The van der Waals surface area contributed by atoms with Crippen LogP contribution in [0.3, 0.4) is 0 Å². The van der Waals surface area contributed by atoms with Crippen molar-refractivity contribution in [1.29, 1.82) is 0 Å². The molecule has 6 heteroatoms. The van der Waals surface area contributed by atoms with Crippen molar-refractivity contribution in [3.8, 4) is 0 Å². The Morgan fingerprint density at radius 1 is 0.966 bits per heavy atom. The maximum atomic E-state index is 13.2. The lowest BCUT2D eigenvalue weighted by molar-refractivity contribution is 0.0683. The van der Waals surface area contributed by atoms with E-state index in [4.69, 9.17) is 0 Å². The number of carbonyl (C=O) groups is 2. The normalized spacial score (nSPS) is 15.8. The molecule has 2 aliphatic rings. The second-order valence-corrected chi connectivity index (χ2v) is 7.54. The van der Waals surface area contributed by atoms with Crippen molar-refractivity contribution in [3.63, 3.8) is 0 Å². The van der Waals surface area contributed by atoms with E-state index in [1.807, 2.05) is 53.1 Å². The SMILES string of the molecule is O=C1c2nc(C(=O)N3CCCc4ccccc43)cn2CCN1Cc1ccccc1. The molecule has 2 aliphatic heterocycles. The second-order valence-electron chi connectivity index (χ2n) is 7.54. The van der Waals surface area contributed by atoms with Crippen molar-refractivity contribution in [1.82, 2.24) is 14.5 Å². The lowest BCUT2D eigenvalue weighted by Gasteiger charge is -2.28. The smallest absolute Gasteiger partial charge is 0.290 e. The molecule has 0 fully saturated rings. The van der Waals surface area contributed by atoms with Crippen molar-refractivity contribution in [2.45, 2.75) is 25.9 Å². The quantitative estimate of drug-likeness (QED) is 0.695. The predicted molar refractivity (Wildman–Crippen MR) is 110 cm³/mol. The summed E-state index contributed by atoms with van der Waals surface area (Å²) in [6, 6.07) is 17.9. The van der Waals surface area contributed by atoms with Crippen LogP contribution in [-0.2, 0) is 19.5 Å². The summed E-state index contributed by atoms with van der Waals surface area (Å²) in [5.41, 5.74) is 3.56. The fraction of sp³-hybridized carbons (Fsp3) is 0.261. The van der Waals surface area contributed by atoms with E-state index in [-0.39, 0.29) is 11.8 Å². The summed E-state index contributed by atoms with van der Waals surface area (Å²) in [5.74, 6) is 0.0838. The Morgan fingerprint density at radius 3 is 2.62 bits per heavy atom. The Kier molecular flexibility index (Phi) is 4.39. The Balaban J connectivity index is 1.39. The molecule has 0 N–H and O–H groups in total. The molecule has 0 atom stereocenters. The molecule has 29 heavy (non-hydrogen) atoms. The third-order valence-electron chi connectivity index (χ3n) is 5.66. The molecule has 6 nitrogen and oxygen atoms in total. The van der Waals surface area contributed by atoms with Gasteiger partial charge in [-0.2, -0.15) is 0 Å². The number of benzene rings is 2. The molecule has 0 saturated heterocycles. The van der Waals surface area contributed by atoms with Crippen molar-refractivity contribution in [3.05, 3.63) is 83.4 Å². The number of fused-ring (bicyclic) bond motifs is 2. The maximum Gasteiger partial charge on any atom is 0.290 e. The molecule has 3 heterocycles. The summed E-state index contributed by atoms with van der Waals surface area (Å²) in [4.78, 5) is 34.2. The van der Waals surface area contributed by atoms with Gasteiger partial charge >= 0.3 is 0 Å². The van der Waals surface area contributed by atoms with E-state index < -0.39 is 0 Å². The van der Waals surface area contributed by atoms with E-state index in [9.17, 15) is 9.59 Å². The van der Waals surface area contributed by atoms with Crippen LogP contribution < -0.4 is 4.90 Å². The summed E-state index contributed by atoms with van der Waals surface area (Å²) >= 11 is 0. The van der Waals surface area contributed by atoms with Gasteiger partial charge in [-0.3, -0.25) is 9.59 Å². The first-order valence-electron chi connectivity index (χ1n) is 10.0. The van der Waals surface area contributed by atoms with Crippen molar-refractivity contribution < 1.29 is 9.59 Å². The number of hydrogen-bond acceptors (Lipinski definition) is 3. The van der Waals surface area contributed by atoms with E-state index in [1.165, 1.54) is 5.56 Å². The summed E-state index contributed by atoms with van der Waals surface area (Å²) in [7, 11) is 0. The number of nitrogens with zero attached hydrogens (tertiary/aromatic N) is 4. The largest absolute Gasteiger partial charge is 0.330 e. The van der Waals surface area contributed by atoms with Gasteiger partial charge in [0.15, 0.2) is 5.82 Å². The fourth-order valence-corrected chi connectivity index (χ4v) is 4.17. The Hall–Kier alpha value is -3.41. The molecule has 0 saturated carbocycles. The molecule has 146 valence electrons. The van der Waals surface area contributed by atoms with Gasteiger partial charge in [-0.15, -0.1) is 0 Å². The van der Waals surface area contributed by atoms with Gasteiger partial charge in [-0.05, 0) is 30.0 Å². The number of imidazole rings is 1. The van der Waals surface area contributed by atoms with E-state index in [1.54, 1.807) is 16.0 Å². The Labute approximate surface area is 169 Å². The number of aryl methyl sites for hydroxylation is 1. The highest BCUT2D eigenvalue weighted by molar-refractivity contribution is 6.06. The predicted octanol–water partition coefficient (Wildman–Crippen LogP) is 3.13. The first kappa shape index (κ1) is 17.7. The summed E-state index contributed by atoms with van der Waals surface area (Å²) < 4.78 is 1.81. The number of anilines is 1. The number of carbonyl (C=O) groups excluding carboxylic acids is 2. The summed E-state index contributed by atoms with van der Waals surface area (Å²) in [6.07, 6.45) is 3.64. The lowest BCUT2D eigenvalue weighted by atomic mass is 10.0. The third kappa shape index (κ3) is 3.20. The molecule has 2 aromatic carbocycles. The molecule has 0 aliphatic carbocycles. The van der Waals surface area contributed by atoms with Crippen molar-refractivity contribution in [2.75, 3.05) is 18.0 Å². The number of rotatable bonds is 3. The molecule has 2 amide bonds. The van der Waals surface area contributed by atoms with E-state index in [0.717, 1.165) is 24.1 Å². The molecule has 0 bridgehead atoms. The highest BCUT2D eigenvalue weighted by Crippen LogP contribution is 2.28. The number of aromatic nitrogens is 2. The van der Waals surface area contributed by atoms with Crippen LogP contribution in [0.1, 0.15) is 38.7 Å². The minimum Gasteiger partial charge on any atom is -0.330 e. The topological polar surface area (TPSA) is 58.4 Å². The summed E-state index contributed by atoms with van der Waals surface area (Å²) in [6.45, 7) is 2.48. The van der Waals surface area contributed by atoms with Crippen LogP contribution in [0.25, 0.3) is 0 Å². The first-order valence-corrected chi connectivity index (χ1v) is 10.0. The van der Waals surface area contributed by atoms with Crippen LogP contribution in [0, 0.1) is 0 Å². The molecule has 5 rings (SSSR count). The second kappa shape index (κ2) is 7.20. The molecule has 3 aromatic rings. The van der Waals surface area contributed by atoms with Gasteiger partial charge in [0.2, 0.25) is 0 Å². The van der Waals surface area contributed by atoms with Gasteiger partial charge in [-0.1, -0.05) is 48.5 Å².